The van der Waals surface area contributed by atoms with Crippen molar-refractivity contribution < 1.29 is 9.42 Å². The van der Waals surface area contributed by atoms with Crippen molar-refractivity contribution in [2.75, 3.05) is 0 Å². The number of hydrogen-bond acceptors (Lipinski definition) is 2. The molecule has 0 radical (unpaired) electrons. The molecule has 5 heteroatoms. The monoisotopic (exact) mass is 284 g/mol. The van der Waals surface area contributed by atoms with Crippen LogP contribution < -0.4 is 0 Å². The van der Waals surface area contributed by atoms with E-state index in [4.69, 9.17) is 16.3 Å². The first-order chi connectivity index (χ1) is 7.20. The smallest absolute Gasteiger partial charge is 0.242 e. The summed E-state index contributed by atoms with van der Waals surface area (Å²) in [5.74, 6) is 0.643. The first-order valence-corrected chi connectivity index (χ1v) is 9.79. The van der Waals surface area contributed by atoms with Crippen molar-refractivity contribution in [2.24, 2.45) is 5.92 Å². The Bertz CT molecular complexity index is 238. The molecule has 0 saturated heterocycles. The first-order valence-electron chi connectivity index (χ1n) is 5.96. The van der Waals surface area contributed by atoms with Gasteiger partial charge in [-0.25, -0.2) is 0 Å². The fourth-order valence-corrected chi connectivity index (χ4v) is 3.98. The molecule has 0 aliphatic heterocycles. The van der Waals surface area contributed by atoms with E-state index >= 15 is 0 Å². The summed E-state index contributed by atoms with van der Waals surface area (Å²) < 4.78 is 5.48. The van der Waals surface area contributed by atoms with Gasteiger partial charge in [0.2, 0.25) is 5.69 Å². The number of unbranched alkanes of at least 4 members (excludes halogenated alkanes) is 1. The molecule has 0 heterocycles. The molecular weight excluding hydrogens is 259 g/mol. The third-order valence-corrected chi connectivity index (χ3v) is 3.89. The largest absolute Gasteiger partial charge is 0.338 e. The highest BCUT2D eigenvalue weighted by Gasteiger charge is 2.27. The summed E-state index contributed by atoms with van der Waals surface area (Å²) in [4.78, 5) is 9.48. The van der Waals surface area contributed by atoms with Crippen LogP contribution in [0.1, 0.15) is 59.8 Å². The summed E-state index contributed by atoms with van der Waals surface area (Å²) >= 11 is 8.75. The van der Waals surface area contributed by atoms with Gasteiger partial charge in [0, 0.05) is 0 Å². The predicted molar refractivity (Wildman–Crippen MR) is 78.6 cm³/mol. The molecule has 2 unspecified atom stereocenters. The molecule has 0 aromatic heterocycles. The summed E-state index contributed by atoms with van der Waals surface area (Å²) in [5, 5.41) is 0. The van der Waals surface area contributed by atoms with E-state index in [9.17, 15) is 4.89 Å². The molecule has 0 bridgehead atoms. The molecule has 0 aliphatic carbocycles. The van der Waals surface area contributed by atoms with Crippen LogP contribution in [-0.2, 0) is 16.3 Å². The van der Waals surface area contributed by atoms with Gasteiger partial charge < -0.3 is 9.42 Å². The molecule has 0 saturated carbocycles. The molecule has 2 nitrogen and oxygen atoms in total. The van der Waals surface area contributed by atoms with Crippen molar-refractivity contribution in [1.82, 2.24) is 0 Å². The van der Waals surface area contributed by atoms with Gasteiger partial charge >= 0.3 is 0 Å². The topological polar surface area (TPSA) is 29.5 Å². The Morgan fingerprint density at radius 2 is 2.00 bits per heavy atom. The number of hydrogen-bond donors (Lipinski definition) is 2. The Morgan fingerprint density at radius 1 is 1.44 bits per heavy atom. The van der Waals surface area contributed by atoms with Gasteiger partial charge in [0.05, 0.1) is 5.60 Å². The fourth-order valence-electron chi connectivity index (χ4n) is 2.00. The zero-order chi connectivity index (χ0) is 12.8. The van der Waals surface area contributed by atoms with E-state index in [2.05, 4.69) is 26.1 Å². The Balaban J connectivity index is 4.25. The molecule has 0 rings (SSSR count). The summed E-state index contributed by atoms with van der Waals surface area (Å²) in [7, 11) is 0. The highest BCUT2D eigenvalue weighted by Crippen LogP contribution is 2.52. The molecule has 98 valence electrons. The summed E-state index contributed by atoms with van der Waals surface area (Å²) in [6.07, 6.45) is 5.78. The van der Waals surface area contributed by atoms with Crippen molar-refractivity contribution in [2.45, 2.75) is 65.4 Å². The molecule has 0 aromatic rings. The molecule has 0 fully saturated rings. The molecule has 0 aliphatic rings. The maximum absolute atomic E-state index is 9.48. The van der Waals surface area contributed by atoms with Crippen LogP contribution in [0.5, 0.6) is 0 Å². The zero-order valence-electron chi connectivity index (χ0n) is 10.8. The van der Waals surface area contributed by atoms with Crippen molar-refractivity contribution in [1.29, 1.82) is 0 Å². The van der Waals surface area contributed by atoms with Crippen molar-refractivity contribution >= 4 is 29.7 Å². The van der Waals surface area contributed by atoms with Gasteiger partial charge in [0.1, 0.15) is 0 Å². The third kappa shape index (κ3) is 9.00. The van der Waals surface area contributed by atoms with Crippen molar-refractivity contribution in [3.63, 3.8) is 0 Å². The van der Waals surface area contributed by atoms with Crippen LogP contribution >= 0.6 is 17.9 Å². The molecular formula is C11H25O2PS2. The minimum absolute atomic E-state index is 0.375. The third-order valence-electron chi connectivity index (χ3n) is 2.69. The van der Waals surface area contributed by atoms with Crippen molar-refractivity contribution in [3.8, 4) is 0 Å². The highest BCUT2D eigenvalue weighted by atomic mass is 32.9. The molecule has 1 N–H and O–H groups in total. The van der Waals surface area contributed by atoms with Gasteiger partial charge in [0.15, 0.2) is 0 Å². The minimum Gasteiger partial charge on any atom is -0.338 e. The van der Waals surface area contributed by atoms with Gasteiger partial charge in [0.25, 0.3) is 0 Å². The molecule has 16 heavy (non-hydrogen) atoms. The van der Waals surface area contributed by atoms with Crippen LogP contribution in [0.3, 0.4) is 0 Å². The van der Waals surface area contributed by atoms with Gasteiger partial charge in [-0.1, -0.05) is 51.8 Å². The molecule has 2 atom stereocenters. The average molecular weight is 284 g/mol. The standard InChI is InChI=1S/C11H25O2PS2/c1-5-7-8-10(6-2)9-11(3,4)13-14(12,15)16/h10H,5-9H2,1-4H3,(H2,12,15,16). The highest BCUT2D eigenvalue weighted by molar-refractivity contribution is 8.59. The lowest BCUT2D eigenvalue weighted by Crippen LogP contribution is -2.26. The summed E-state index contributed by atoms with van der Waals surface area (Å²) in [5.41, 5.74) is -3.23. The second-order valence-electron chi connectivity index (χ2n) is 4.96. The van der Waals surface area contributed by atoms with E-state index in [-0.39, 0.29) is 5.60 Å². The van der Waals surface area contributed by atoms with Crippen LogP contribution in [0.4, 0.5) is 0 Å². The maximum Gasteiger partial charge on any atom is 0.242 e. The Kier molecular flexibility index (Phi) is 7.80. The second-order valence-corrected chi connectivity index (χ2v) is 10.0. The van der Waals surface area contributed by atoms with Gasteiger partial charge in [-0.15, -0.1) is 0 Å². The van der Waals surface area contributed by atoms with Gasteiger partial charge in [-0.05, 0) is 38.0 Å². The zero-order valence-corrected chi connectivity index (χ0v) is 13.4. The normalized spacial score (nSPS) is 18.1. The lowest BCUT2D eigenvalue weighted by Gasteiger charge is -2.31. The Labute approximate surface area is 110 Å². The Hall–Kier alpha value is 0.920. The van der Waals surface area contributed by atoms with E-state index < -0.39 is 5.69 Å². The SMILES string of the molecule is CCCCC(CC)CC(C)(C)OP(O)(=S)S. The van der Waals surface area contributed by atoms with E-state index in [1.807, 2.05) is 13.8 Å². The van der Waals surface area contributed by atoms with Gasteiger partial charge in [-0.2, -0.15) is 0 Å². The van der Waals surface area contributed by atoms with Crippen LogP contribution in [-0.4, -0.2) is 10.5 Å². The quantitative estimate of drug-likeness (QED) is 0.507. The predicted octanol–water partition coefficient (Wildman–Crippen LogP) is 4.53. The van der Waals surface area contributed by atoms with Crippen LogP contribution in [0, 0.1) is 5.92 Å². The summed E-state index contributed by atoms with van der Waals surface area (Å²) in [6, 6.07) is 0. The van der Waals surface area contributed by atoms with E-state index in [1.54, 1.807) is 0 Å². The lowest BCUT2D eigenvalue weighted by atomic mass is 9.88. The fraction of sp³-hybridized carbons (Fsp3) is 1.00. The average Bonchev–Trinajstić information content (AvgIpc) is 2.07. The first kappa shape index (κ1) is 16.9. The van der Waals surface area contributed by atoms with Crippen LogP contribution in [0.2, 0.25) is 0 Å². The molecule has 0 aromatic carbocycles. The van der Waals surface area contributed by atoms with E-state index in [1.165, 1.54) is 19.3 Å². The molecule has 0 amide bonds. The number of rotatable bonds is 8. The minimum atomic E-state index is -2.85. The second kappa shape index (κ2) is 7.38. The van der Waals surface area contributed by atoms with Crippen LogP contribution in [0.15, 0.2) is 0 Å². The van der Waals surface area contributed by atoms with E-state index in [0.717, 1.165) is 12.8 Å². The van der Waals surface area contributed by atoms with E-state index in [0.29, 0.717) is 5.92 Å². The van der Waals surface area contributed by atoms with Crippen molar-refractivity contribution in [3.05, 3.63) is 0 Å². The van der Waals surface area contributed by atoms with Gasteiger partial charge in [-0.3, -0.25) is 0 Å². The lowest BCUT2D eigenvalue weighted by molar-refractivity contribution is 0.0821. The Morgan fingerprint density at radius 3 is 2.38 bits per heavy atom. The number of thiol groups is 1. The maximum atomic E-state index is 9.48. The molecule has 0 spiro atoms. The summed E-state index contributed by atoms with van der Waals surface area (Å²) in [6.45, 7) is 8.37. The van der Waals surface area contributed by atoms with Crippen LogP contribution in [0.25, 0.3) is 0 Å².